The number of benzene rings is 1. The summed E-state index contributed by atoms with van der Waals surface area (Å²) in [5.41, 5.74) is -0.652. The molecule has 21 heavy (non-hydrogen) atoms. The molecule has 1 aromatic carbocycles. The normalized spacial score (nSPS) is 11.3. The smallest absolute Gasteiger partial charge is 0.373 e. The molecule has 0 unspecified atom stereocenters. The summed E-state index contributed by atoms with van der Waals surface area (Å²) >= 11 is 5.92. The third kappa shape index (κ3) is 3.75. The van der Waals surface area contributed by atoms with Gasteiger partial charge in [0.1, 0.15) is 17.5 Å². The van der Waals surface area contributed by atoms with Crippen molar-refractivity contribution in [2.75, 3.05) is 17.7 Å². The van der Waals surface area contributed by atoms with Crippen molar-refractivity contribution in [3.63, 3.8) is 0 Å². The monoisotopic (exact) mass is 316 g/mol. The van der Waals surface area contributed by atoms with Crippen LogP contribution in [0.4, 0.5) is 30.5 Å². The summed E-state index contributed by atoms with van der Waals surface area (Å²) in [7, 11) is 1.68. The van der Waals surface area contributed by atoms with Crippen molar-refractivity contribution in [1.29, 1.82) is 0 Å². The Kier molecular flexibility index (Phi) is 4.22. The minimum atomic E-state index is -4.43. The molecule has 0 spiro atoms. The highest BCUT2D eigenvalue weighted by atomic mass is 35.5. The zero-order chi connectivity index (χ0) is 15.6. The predicted molar refractivity (Wildman–Crippen MR) is 76.1 cm³/mol. The summed E-state index contributed by atoms with van der Waals surface area (Å²) in [6.45, 7) is 1.68. The van der Waals surface area contributed by atoms with Crippen molar-refractivity contribution >= 4 is 28.9 Å². The highest BCUT2D eigenvalue weighted by molar-refractivity contribution is 6.33. The minimum Gasteiger partial charge on any atom is -0.373 e. The zero-order valence-electron chi connectivity index (χ0n) is 11.2. The van der Waals surface area contributed by atoms with Crippen LogP contribution in [0.5, 0.6) is 0 Å². The maximum atomic E-state index is 12.7. The fraction of sp³-hybridized carbons (Fsp3) is 0.231. The number of anilines is 3. The van der Waals surface area contributed by atoms with Gasteiger partial charge in [0.2, 0.25) is 0 Å². The van der Waals surface area contributed by atoms with Crippen LogP contribution in [0.25, 0.3) is 0 Å². The Labute approximate surface area is 124 Å². The molecular formula is C13H12ClF3N4. The lowest BCUT2D eigenvalue weighted by molar-refractivity contribution is -0.137. The van der Waals surface area contributed by atoms with Crippen molar-refractivity contribution < 1.29 is 13.2 Å². The number of hydrogen-bond donors (Lipinski definition) is 2. The molecule has 0 aliphatic carbocycles. The lowest BCUT2D eigenvalue weighted by Crippen LogP contribution is -2.06. The van der Waals surface area contributed by atoms with E-state index in [-0.39, 0.29) is 10.7 Å². The number of nitrogens with zero attached hydrogens (tertiary/aromatic N) is 2. The highest BCUT2D eigenvalue weighted by Gasteiger charge is 2.31. The van der Waals surface area contributed by atoms with Gasteiger partial charge in [0.25, 0.3) is 0 Å². The van der Waals surface area contributed by atoms with E-state index in [1.807, 2.05) is 0 Å². The van der Waals surface area contributed by atoms with E-state index in [0.717, 1.165) is 12.1 Å². The van der Waals surface area contributed by atoms with Crippen molar-refractivity contribution in [2.45, 2.75) is 13.1 Å². The Morgan fingerprint density at radius 2 is 1.76 bits per heavy atom. The van der Waals surface area contributed by atoms with E-state index < -0.39 is 11.7 Å². The molecule has 8 heteroatoms. The van der Waals surface area contributed by atoms with Crippen LogP contribution in [0.1, 0.15) is 11.4 Å². The Bertz CT molecular complexity index is 658. The standard InChI is InChI=1S/C13H12ClF3N4/c1-7-19-11(18-2)6-12(20-7)21-10-5-8(13(15,16)17)3-4-9(10)14/h3-6H,1-2H3,(H2,18,19,20,21). The Balaban J connectivity index is 2.37. The molecule has 2 rings (SSSR count). The summed E-state index contributed by atoms with van der Waals surface area (Å²) < 4.78 is 38.1. The van der Waals surface area contributed by atoms with Gasteiger partial charge in [0.15, 0.2) is 0 Å². The van der Waals surface area contributed by atoms with Crippen molar-refractivity contribution in [3.8, 4) is 0 Å². The lowest BCUT2D eigenvalue weighted by Gasteiger charge is -2.13. The summed E-state index contributed by atoms with van der Waals surface area (Å²) in [6.07, 6.45) is -4.43. The number of nitrogens with one attached hydrogen (secondary N) is 2. The van der Waals surface area contributed by atoms with Crippen LogP contribution in [0.15, 0.2) is 24.3 Å². The van der Waals surface area contributed by atoms with Crippen LogP contribution < -0.4 is 10.6 Å². The molecule has 0 aliphatic heterocycles. The third-order valence-electron chi connectivity index (χ3n) is 2.65. The zero-order valence-corrected chi connectivity index (χ0v) is 12.0. The van der Waals surface area contributed by atoms with E-state index in [2.05, 4.69) is 20.6 Å². The van der Waals surface area contributed by atoms with Crippen LogP contribution in [0.2, 0.25) is 5.02 Å². The first kappa shape index (κ1) is 15.4. The SMILES string of the molecule is CNc1cc(Nc2cc(C(F)(F)F)ccc2Cl)nc(C)n1. The van der Waals surface area contributed by atoms with Gasteiger partial charge in [-0.15, -0.1) is 0 Å². The van der Waals surface area contributed by atoms with Gasteiger partial charge in [0.05, 0.1) is 16.3 Å². The number of hydrogen-bond acceptors (Lipinski definition) is 4. The van der Waals surface area contributed by atoms with Crippen molar-refractivity contribution in [1.82, 2.24) is 9.97 Å². The molecule has 0 amide bonds. The van der Waals surface area contributed by atoms with Crippen LogP contribution >= 0.6 is 11.6 Å². The summed E-state index contributed by atoms with van der Waals surface area (Å²) in [5, 5.41) is 5.79. The maximum absolute atomic E-state index is 12.7. The molecule has 4 nitrogen and oxygen atoms in total. The number of alkyl halides is 3. The highest BCUT2D eigenvalue weighted by Crippen LogP contribution is 2.34. The molecule has 2 aromatic rings. The third-order valence-corrected chi connectivity index (χ3v) is 2.98. The molecule has 0 saturated heterocycles. The topological polar surface area (TPSA) is 49.8 Å². The molecular weight excluding hydrogens is 305 g/mol. The average molecular weight is 317 g/mol. The quantitative estimate of drug-likeness (QED) is 0.889. The Hall–Kier alpha value is -2.02. The van der Waals surface area contributed by atoms with Gasteiger partial charge in [0, 0.05) is 13.1 Å². The minimum absolute atomic E-state index is 0.131. The van der Waals surface area contributed by atoms with Gasteiger partial charge in [-0.05, 0) is 25.1 Å². The van der Waals surface area contributed by atoms with Gasteiger partial charge in [-0.1, -0.05) is 11.6 Å². The van der Waals surface area contributed by atoms with E-state index in [0.29, 0.717) is 17.5 Å². The molecule has 0 bridgehead atoms. The fourth-order valence-corrected chi connectivity index (χ4v) is 1.86. The second kappa shape index (κ2) is 5.77. The molecule has 0 radical (unpaired) electrons. The van der Waals surface area contributed by atoms with Gasteiger partial charge in [-0.3, -0.25) is 0 Å². The van der Waals surface area contributed by atoms with E-state index in [4.69, 9.17) is 11.6 Å². The number of aryl methyl sites for hydroxylation is 1. The average Bonchev–Trinajstić information content (AvgIpc) is 2.39. The number of aromatic nitrogens is 2. The largest absolute Gasteiger partial charge is 0.416 e. The van der Waals surface area contributed by atoms with Gasteiger partial charge in [-0.2, -0.15) is 13.2 Å². The number of rotatable bonds is 3. The molecule has 112 valence electrons. The second-order valence-corrected chi connectivity index (χ2v) is 4.66. The molecule has 0 atom stereocenters. The Morgan fingerprint density at radius 1 is 1.10 bits per heavy atom. The first-order valence-electron chi connectivity index (χ1n) is 5.97. The van der Waals surface area contributed by atoms with Gasteiger partial charge < -0.3 is 10.6 Å². The van der Waals surface area contributed by atoms with Crippen molar-refractivity contribution in [2.24, 2.45) is 0 Å². The van der Waals surface area contributed by atoms with Crippen molar-refractivity contribution in [3.05, 3.63) is 40.7 Å². The second-order valence-electron chi connectivity index (χ2n) is 4.25. The van der Waals surface area contributed by atoms with E-state index in [1.54, 1.807) is 20.0 Å². The van der Waals surface area contributed by atoms with Gasteiger partial charge >= 0.3 is 6.18 Å². The first-order chi connectivity index (χ1) is 9.79. The molecule has 0 saturated carbocycles. The first-order valence-corrected chi connectivity index (χ1v) is 6.34. The van der Waals surface area contributed by atoms with Crippen LogP contribution in [0, 0.1) is 6.92 Å². The molecule has 2 N–H and O–H groups in total. The molecule has 1 aromatic heterocycles. The summed E-state index contributed by atoms with van der Waals surface area (Å²) in [6, 6.07) is 4.64. The molecule has 0 aliphatic rings. The molecule has 0 fully saturated rings. The van der Waals surface area contributed by atoms with Crippen LogP contribution in [-0.2, 0) is 6.18 Å². The lowest BCUT2D eigenvalue weighted by atomic mass is 10.2. The van der Waals surface area contributed by atoms with E-state index >= 15 is 0 Å². The fourth-order valence-electron chi connectivity index (χ4n) is 1.70. The molecule has 1 heterocycles. The van der Waals surface area contributed by atoms with Crippen LogP contribution in [0.3, 0.4) is 0 Å². The summed E-state index contributed by atoms with van der Waals surface area (Å²) in [4.78, 5) is 8.21. The summed E-state index contributed by atoms with van der Waals surface area (Å²) in [5.74, 6) is 1.38. The van der Waals surface area contributed by atoms with Crippen LogP contribution in [-0.4, -0.2) is 17.0 Å². The maximum Gasteiger partial charge on any atom is 0.416 e. The van der Waals surface area contributed by atoms with E-state index in [1.165, 1.54) is 6.07 Å². The number of halogens is 4. The Morgan fingerprint density at radius 3 is 2.38 bits per heavy atom. The predicted octanol–water partition coefficient (Wildman–Crippen LogP) is 4.24. The van der Waals surface area contributed by atoms with Gasteiger partial charge in [-0.25, -0.2) is 9.97 Å². The van der Waals surface area contributed by atoms with E-state index in [9.17, 15) is 13.2 Å².